The van der Waals surface area contributed by atoms with E-state index in [1.807, 2.05) is 19.1 Å². The van der Waals surface area contributed by atoms with Crippen molar-refractivity contribution in [3.8, 4) is 6.07 Å². The molecule has 21 heavy (non-hydrogen) atoms. The highest BCUT2D eigenvalue weighted by molar-refractivity contribution is 5.65. The normalized spacial score (nSPS) is 11.5. The summed E-state index contributed by atoms with van der Waals surface area (Å²) in [6.07, 6.45) is 0. The molecule has 0 fully saturated rings. The third-order valence-electron chi connectivity index (χ3n) is 3.33. The number of anilines is 1. The van der Waals surface area contributed by atoms with Gasteiger partial charge in [0.15, 0.2) is 0 Å². The van der Waals surface area contributed by atoms with Gasteiger partial charge in [-0.2, -0.15) is 5.26 Å². The first-order valence-electron chi connectivity index (χ1n) is 6.53. The molecule has 0 saturated heterocycles. The van der Waals surface area contributed by atoms with Crippen LogP contribution < -0.4 is 5.32 Å². The van der Waals surface area contributed by atoms with Crippen molar-refractivity contribution in [2.45, 2.75) is 19.9 Å². The zero-order valence-corrected chi connectivity index (χ0v) is 11.8. The lowest BCUT2D eigenvalue weighted by Crippen LogP contribution is -2.09. The Morgan fingerprint density at radius 1 is 1.24 bits per heavy atom. The van der Waals surface area contributed by atoms with Crippen molar-refractivity contribution in [2.75, 3.05) is 5.32 Å². The highest BCUT2D eigenvalue weighted by atomic mass is 16.6. The van der Waals surface area contributed by atoms with Gasteiger partial charge in [-0.3, -0.25) is 10.1 Å². The summed E-state index contributed by atoms with van der Waals surface area (Å²) in [7, 11) is 0. The topological polar surface area (TPSA) is 79.0 Å². The fourth-order valence-electron chi connectivity index (χ4n) is 2.18. The Bertz CT molecular complexity index is 702. The highest BCUT2D eigenvalue weighted by Crippen LogP contribution is 2.30. The first-order chi connectivity index (χ1) is 10.0. The molecule has 2 rings (SSSR count). The number of nitriles is 1. The molecule has 2 aromatic rings. The fourth-order valence-corrected chi connectivity index (χ4v) is 2.18. The molecular formula is C16H15N3O2. The van der Waals surface area contributed by atoms with Gasteiger partial charge in [-0.1, -0.05) is 24.3 Å². The van der Waals surface area contributed by atoms with Crippen LogP contribution >= 0.6 is 0 Å². The second-order valence-corrected chi connectivity index (χ2v) is 4.83. The number of hydrogen-bond acceptors (Lipinski definition) is 4. The lowest BCUT2D eigenvalue weighted by atomic mass is 10.1. The van der Waals surface area contributed by atoms with Crippen molar-refractivity contribution in [2.24, 2.45) is 0 Å². The zero-order chi connectivity index (χ0) is 15.4. The molecule has 1 N–H and O–H groups in total. The summed E-state index contributed by atoms with van der Waals surface area (Å²) >= 11 is 0. The zero-order valence-electron chi connectivity index (χ0n) is 11.8. The Morgan fingerprint density at radius 2 is 1.90 bits per heavy atom. The van der Waals surface area contributed by atoms with E-state index in [1.54, 1.807) is 37.3 Å². The number of nitrogens with zero attached hydrogens (tertiary/aromatic N) is 2. The van der Waals surface area contributed by atoms with Gasteiger partial charge in [-0.15, -0.1) is 0 Å². The molecule has 0 aliphatic heterocycles. The van der Waals surface area contributed by atoms with Gasteiger partial charge in [0, 0.05) is 11.6 Å². The number of rotatable bonds is 4. The smallest absolute Gasteiger partial charge is 0.295 e. The summed E-state index contributed by atoms with van der Waals surface area (Å²) in [5.74, 6) is 0. The minimum absolute atomic E-state index is 0.0954. The number of nitro benzene ring substituents is 1. The van der Waals surface area contributed by atoms with E-state index in [4.69, 9.17) is 5.26 Å². The molecule has 0 saturated carbocycles. The van der Waals surface area contributed by atoms with Crippen molar-refractivity contribution >= 4 is 11.4 Å². The Balaban J connectivity index is 2.27. The third kappa shape index (κ3) is 3.18. The molecule has 0 spiro atoms. The molecule has 0 amide bonds. The van der Waals surface area contributed by atoms with E-state index in [9.17, 15) is 10.1 Å². The molecule has 1 unspecified atom stereocenters. The van der Waals surface area contributed by atoms with Gasteiger partial charge in [-0.25, -0.2) is 0 Å². The maximum absolute atomic E-state index is 11.2. The van der Waals surface area contributed by atoms with E-state index >= 15 is 0 Å². The highest BCUT2D eigenvalue weighted by Gasteiger charge is 2.18. The summed E-state index contributed by atoms with van der Waals surface area (Å²) in [5, 5.41) is 23.1. The minimum Gasteiger partial charge on any atom is -0.373 e. The average molecular weight is 281 g/mol. The molecule has 5 nitrogen and oxygen atoms in total. The number of para-hydroxylation sites is 1. The molecule has 0 bridgehead atoms. The maximum atomic E-state index is 11.2. The predicted molar refractivity (Wildman–Crippen MR) is 81.0 cm³/mol. The van der Waals surface area contributed by atoms with E-state index in [0.29, 0.717) is 16.8 Å². The lowest BCUT2D eigenvalue weighted by Gasteiger charge is -2.16. The first-order valence-corrected chi connectivity index (χ1v) is 6.53. The Kier molecular flexibility index (Phi) is 4.19. The maximum Gasteiger partial charge on any atom is 0.295 e. The van der Waals surface area contributed by atoms with E-state index in [0.717, 1.165) is 5.56 Å². The molecule has 0 aromatic heterocycles. The van der Waals surface area contributed by atoms with Gasteiger partial charge >= 0.3 is 0 Å². The molecule has 2 aromatic carbocycles. The monoisotopic (exact) mass is 281 g/mol. The number of benzene rings is 2. The van der Waals surface area contributed by atoms with Crippen molar-refractivity contribution in [1.82, 2.24) is 0 Å². The first kappa shape index (κ1) is 14.5. The van der Waals surface area contributed by atoms with Gasteiger partial charge in [0.05, 0.1) is 16.6 Å². The van der Waals surface area contributed by atoms with Gasteiger partial charge in [0.25, 0.3) is 5.69 Å². The molecule has 0 aliphatic rings. The van der Waals surface area contributed by atoms with Crippen LogP contribution in [-0.4, -0.2) is 4.92 Å². The number of nitro groups is 1. The average Bonchev–Trinajstić information content (AvgIpc) is 2.47. The SMILES string of the molecule is Cc1cccc(NC(C)c2ccc(C#N)cc2)c1[N+](=O)[O-]. The summed E-state index contributed by atoms with van der Waals surface area (Å²) in [6.45, 7) is 3.64. The molecule has 0 heterocycles. The van der Waals surface area contributed by atoms with Crippen molar-refractivity contribution in [3.63, 3.8) is 0 Å². The van der Waals surface area contributed by atoms with Gasteiger partial charge in [0.2, 0.25) is 0 Å². The van der Waals surface area contributed by atoms with Crippen LogP contribution in [0, 0.1) is 28.4 Å². The Hall–Kier alpha value is -2.87. The van der Waals surface area contributed by atoms with Crippen LogP contribution in [0.2, 0.25) is 0 Å². The van der Waals surface area contributed by atoms with Gasteiger partial charge < -0.3 is 5.32 Å². The molecule has 0 radical (unpaired) electrons. The van der Waals surface area contributed by atoms with Crippen LogP contribution in [0.5, 0.6) is 0 Å². The summed E-state index contributed by atoms with van der Waals surface area (Å²) in [4.78, 5) is 10.8. The number of nitrogens with one attached hydrogen (secondary N) is 1. The molecule has 5 heteroatoms. The quantitative estimate of drug-likeness (QED) is 0.679. The Labute approximate surface area is 123 Å². The Morgan fingerprint density at radius 3 is 2.48 bits per heavy atom. The third-order valence-corrected chi connectivity index (χ3v) is 3.33. The van der Waals surface area contributed by atoms with E-state index in [1.165, 1.54) is 0 Å². The molecular weight excluding hydrogens is 266 g/mol. The summed E-state index contributed by atoms with van der Waals surface area (Å²) in [6, 6.07) is 14.3. The fraction of sp³-hybridized carbons (Fsp3) is 0.188. The standard InChI is InChI=1S/C16H15N3O2/c1-11-4-3-5-15(16(11)19(20)21)18-12(2)14-8-6-13(10-17)7-9-14/h3-9,12,18H,1-2H3. The second-order valence-electron chi connectivity index (χ2n) is 4.83. The van der Waals surface area contributed by atoms with E-state index < -0.39 is 0 Å². The largest absolute Gasteiger partial charge is 0.373 e. The van der Waals surface area contributed by atoms with Crippen molar-refractivity contribution in [3.05, 3.63) is 69.3 Å². The van der Waals surface area contributed by atoms with Crippen LogP contribution in [0.4, 0.5) is 11.4 Å². The van der Waals surface area contributed by atoms with E-state index in [2.05, 4.69) is 11.4 Å². The van der Waals surface area contributed by atoms with Crippen molar-refractivity contribution < 1.29 is 4.92 Å². The number of aryl methyl sites for hydroxylation is 1. The van der Waals surface area contributed by atoms with Gasteiger partial charge in [-0.05, 0) is 37.6 Å². The second kappa shape index (κ2) is 6.06. The predicted octanol–water partition coefficient (Wildman–Crippen LogP) is 3.95. The van der Waals surface area contributed by atoms with Crippen LogP contribution in [-0.2, 0) is 0 Å². The van der Waals surface area contributed by atoms with E-state index in [-0.39, 0.29) is 16.7 Å². The van der Waals surface area contributed by atoms with Crippen LogP contribution in [0.15, 0.2) is 42.5 Å². The molecule has 0 aliphatic carbocycles. The molecule has 106 valence electrons. The lowest BCUT2D eigenvalue weighted by molar-refractivity contribution is -0.384. The minimum atomic E-state index is -0.372. The van der Waals surface area contributed by atoms with Crippen LogP contribution in [0.3, 0.4) is 0 Å². The molecule has 1 atom stereocenters. The number of hydrogen-bond donors (Lipinski definition) is 1. The van der Waals surface area contributed by atoms with Gasteiger partial charge in [0.1, 0.15) is 5.69 Å². The summed E-state index contributed by atoms with van der Waals surface area (Å²) < 4.78 is 0. The van der Waals surface area contributed by atoms with Crippen LogP contribution in [0.1, 0.15) is 29.7 Å². The summed E-state index contributed by atoms with van der Waals surface area (Å²) in [5.41, 5.74) is 2.77. The van der Waals surface area contributed by atoms with Crippen LogP contribution in [0.25, 0.3) is 0 Å². The van der Waals surface area contributed by atoms with Crippen molar-refractivity contribution in [1.29, 1.82) is 5.26 Å².